The van der Waals surface area contributed by atoms with Gasteiger partial charge in [0.1, 0.15) is 10.0 Å². The van der Waals surface area contributed by atoms with Crippen LogP contribution < -0.4 is 0 Å². The highest BCUT2D eigenvalue weighted by atomic mass is 35.5. The van der Waals surface area contributed by atoms with Crippen LogP contribution in [0.2, 0.25) is 5.02 Å². The number of ether oxygens (including phenoxy) is 1. The molecule has 0 N–H and O–H groups in total. The largest absolute Gasteiger partial charge is 0.462 e. The minimum absolute atomic E-state index is 0.0622. The SMILES string of the molecule is CCOC(=O)c1c(/N=C/c2ccc(Cl)c([N+](=O)[O-])c2)sc(C)c1C. The molecule has 0 atom stereocenters. The van der Waals surface area contributed by atoms with Gasteiger partial charge in [0.15, 0.2) is 0 Å². The van der Waals surface area contributed by atoms with Gasteiger partial charge in [-0.05, 0) is 38.0 Å². The Labute approximate surface area is 147 Å². The number of nitro benzene ring substituents is 1. The third-order valence-electron chi connectivity index (χ3n) is 3.34. The minimum Gasteiger partial charge on any atom is -0.462 e. The Morgan fingerprint density at radius 2 is 2.17 bits per heavy atom. The van der Waals surface area contributed by atoms with E-state index in [9.17, 15) is 14.9 Å². The van der Waals surface area contributed by atoms with E-state index in [-0.39, 0.29) is 17.3 Å². The Hall–Kier alpha value is -2.25. The molecule has 0 amide bonds. The highest BCUT2D eigenvalue weighted by molar-refractivity contribution is 7.16. The van der Waals surface area contributed by atoms with Gasteiger partial charge >= 0.3 is 5.97 Å². The molecule has 0 aliphatic carbocycles. The molecule has 24 heavy (non-hydrogen) atoms. The molecule has 0 saturated carbocycles. The van der Waals surface area contributed by atoms with Gasteiger partial charge in [-0.3, -0.25) is 10.1 Å². The third-order valence-corrected chi connectivity index (χ3v) is 4.78. The van der Waals surface area contributed by atoms with Gasteiger partial charge in [-0.2, -0.15) is 0 Å². The number of nitro groups is 1. The first-order valence-electron chi connectivity index (χ1n) is 7.10. The Balaban J connectivity index is 2.39. The Morgan fingerprint density at radius 3 is 2.79 bits per heavy atom. The minimum atomic E-state index is -0.552. The Morgan fingerprint density at radius 1 is 1.46 bits per heavy atom. The van der Waals surface area contributed by atoms with Crippen molar-refractivity contribution in [2.75, 3.05) is 6.61 Å². The highest BCUT2D eigenvalue weighted by Crippen LogP contribution is 2.35. The predicted molar refractivity (Wildman–Crippen MR) is 95.1 cm³/mol. The number of benzene rings is 1. The maximum atomic E-state index is 12.1. The second-order valence-corrected chi connectivity index (χ2v) is 6.52. The van der Waals surface area contributed by atoms with E-state index in [1.54, 1.807) is 13.0 Å². The van der Waals surface area contributed by atoms with Crippen LogP contribution in [0.1, 0.15) is 33.3 Å². The molecule has 1 heterocycles. The summed E-state index contributed by atoms with van der Waals surface area (Å²) in [7, 11) is 0. The molecule has 0 aliphatic rings. The summed E-state index contributed by atoms with van der Waals surface area (Å²) in [6, 6.07) is 4.40. The fourth-order valence-electron chi connectivity index (χ4n) is 2.03. The van der Waals surface area contributed by atoms with E-state index in [1.165, 1.54) is 29.7 Å². The van der Waals surface area contributed by atoms with Crippen molar-refractivity contribution in [2.24, 2.45) is 4.99 Å². The molecule has 2 rings (SSSR count). The molecule has 2 aromatic rings. The fraction of sp³-hybridized carbons (Fsp3) is 0.250. The van der Waals surface area contributed by atoms with Crippen LogP contribution in [0.4, 0.5) is 10.7 Å². The van der Waals surface area contributed by atoms with E-state index >= 15 is 0 Å². The summed E-state index contributed by atoms with van der Waals surface area (Å²) in [5.74, 6) is -0.423. The maximum absolute atomic E-state index is 12.1. The average molecular weight is 367 g/mol. The zero-order valence-corrected chi connectivity index (χ0v) is 14.9. The number of aliphatic imine (C=N–C) groups is 1. The lowest BCUT2D eigenvalue weighted by Crippen LogP contribution is -2.05. The zero-order chi connectivity index (χ0) is 17.9. The molecule has 8 heteroatoms. The number of hydrogen-bond donors (Lipinski definition) is 0. The van der Waals surface area contributed by atoms with Crippen molar-refractivity contribution >= 4 is 45.8 Å². The van der Waals surface area contributed by atoms with Crippen molar-refractivity contribution in [1.29, 1.82) is 0 Å². The first kappa shape index (κ1) is 18.1. The van der Waals surface area contributed by atoms with Crippen LogP contribution in [0.5, 0.6) is 0 Å². The second-order valence-electron chi connectivity index (χ2n) is 4.91. The fourth-order valence-corrected chi connectivity index (χ4v) is 3.20. The number of hydrogen-bond acceptors (Lipinski definition) is 6. The van der Waals surface area contributed by atoms with Crippen molar-refractivity contribution in [3.05, 3.63) is 54.9 Å². The van der Waals surface area contributed by atoms with E-state index in [1.807, 2.05) is 13.8 Å². The van der Waals surface area contributed by atoms with Crippen molar-refractivity contribution in [3.8, 4) is 0 Å². The van der Waals surface area contributed by atoms with E-state index in [4.69, 9.17) is 16.3 Å². The number of aryl methyl sites for hydroxylation is 1. The molecule has 1 aromatic carbocycles. The standard InChI is InChI=1S/C16H15ClN2O4S/c1-4-23-16(20)14-9(2)10(3)24-15(14)18-8-11-5-6-12(17)13(7-11)19(21)22/h5-8H,4H2,1-3H3/b18-8+. The van der Waals surface area contributed by atoms with Gasteiger partial charge in [-0.25, -0.2) is 9.79 Å². The smallest absolute Gasteiger partial charge is 0.341 e. The number of thiophene rings is 1. The van der Waals surface area contributed by atoms with Gasteiger partial charge in [0.05, 0.1) is 17.1 Å². The Kier molecular flexibility index (Phi) is 5.69. The van der Waals surface area contributed by atoms with Crippen LogP contribution in [0.3, 0.4) is 0 Å². The lowest BCUT2D eigenvalue weighted by atomic mass is 10.1. The molecule has 0 saturated heterocycles. The summed E-state index contributed by atoms with van der Waals surface area (Å²) in [6.07, 6.45) is 1.47. The lowest BCUT2D eigenvalue weighted by molar-refractivity contribution is -0.384. The van der Waals surface area contributed by atoms with E-state index in [0.717, 1.165) is 10.4 Å². The van der Waals surface area contributed by atoms with Crippen molar-refractivity contribution in [1.82, 2.24) is 0 Å². The lowest BCUT2D eigenvalue weighted by Gasteiger charge is -2.02. The molecule has 126 valence electrons. The van der Waals surface area contributed by atoms with Gasteiger partial charge in [-0.15, -0.1) is 11.3 Å². The summed E-state index contributed by atoms with van der Waals surface area (Å²) >= 11 is 7.16. The number of esters is 1. The van der Waals surface area contributed by atoms with E-state index in [2.05, 4.69) is 4.99 Å². The average Bonchev–Trinajstić information content (AvgIpc) is 2.81. The first-order chi connectivity index (χ1) is 11.3. The summed E-state index contributed by atoms with van der Waals surface area (Å²) in [5, 5.41) is 11.5. The molecule has 0 fully saturated rings. The normalized spacial score (nSPS) is 11.0. The van der Waals surface area contributed by atoms with Crippen LogP contribution in [0.15, 0.2) is 23.2 Å². The molecule has 0 bridgehead atoms. The van der Waals surface area contributed by atoms with Crippen LogP contribution >= 0.6 is 22.9 Å². The van der Waals surface area contributed by atoms with Gasteiger partial charge < -0.3 is 4.74 Å². The maximum Gasteiger partial charge on any atom is 0.341 e. The topological polar surface area (TPSA) is 81.8 Å². The van der Waals surface area contributed by atoms with Crippen LogP contribution in [0, 0.1) is 24.0 Å². The molecule has 0 unspecified atom stereocenters. The van der Waals surface area contributed by atoms with Gasteiger partial charge in [0.25, 0.3) is 5.69 Å². The number of carbonyl (C=O) groups excluding carboxylic acids is 1. The summed E-state index contributed by atoms with van der Waals surface area (Å²) in [4.78, 5) is 27.8. The third kappa shape index (κ3) is 3.80. The van der Waals surface area contributed by atoms with Gasteiger partial charge in [0, 0.05) is 17.2 Å². The molecule has 0 radical (unpaired) electrons. The number of carbonyl (C=O) groups is 1. The summed E-state index contributed by atoms with van der Waals surface area (Å²) in [6.45, 7) is 5.75. The molecular formula is C16H15ClN2O4S. The molecule has 0 aliphatic heterocycles. The van der Waals surface area contributed by atoms with Crippen LogP contribution in [-0.4, -0.2) is 23.7 Å². The first-order valence-corrected chi connectivity index (χ1v) is 8.29. The van der Waals surface area contributed by atoms with Crippen molar-refractivity contribution in [3.63, 3.8) is 0 Å². The van der Waals surface area contributed by atoms with E-state index in [0.29, 0.717) is 16.1 Å². The number of rotatable bonds is 5. The van der Waals surface area contributed by atoms with Crippen LogP contribution in [-0.2, 0) is 4.74 Å². The number of nitrogens with zero attached hydrogens (tertiary/aromatic N) is 2. The predicted octanol–water partition coefficient (Wildman–Crippen LogP) is 4.85. The monoisotopic (exact) mass is 366 g/mol. The quantitative estimate of drug-likeness (QED) is 0.327. The number of halogens is 1. The molecular weight excluding hydrogens is 352 g/mol. The molecule has 6 nitrogen and oxygen atoms in total. The molecule has 1 aromatic heterocycles. The molecule has 0 spiro atoms. The van der Waals surface area contributed by atoms with E-state index < -0.39 is 10.9 Å². The van der Waals surface area contributed by atoms with Gasteiger partial charge in [0.2, 0.25) is 0 Å². The Bertz CT molecular complexity index is 830. The summed E-state index contributed by atoms with van der Waals surface area (Å²) in [5.41, 5.74) is 1.58. The van der Waals surface area contributed by atoms with Crippen molar-refractivity contribution in [2.45, 2.75) is 20.8 Å². The van der Waals surface area contributed by atoms with Gasteiger partial charge in [-0.1, -0.05) is 17.7 Å². The van der Waals surface area contributed by atoms with Crippen LogP contribution in [0.25, 0.3) is 0 Å². The zero-order valence-electron chi connectivity index (χ0n) is 13.3. The summed E-state index contributed by atoms with van der Waals surface area (Å²) < 4.78 is 5.07. The van der Waals surface area contributed by atoms with Crippen molar-refractivity contribution < 1.29 is 14.5 Å². The second kappa shape index (κ2) is 7.55. The highest BCUT2D eigenvalue weighted by Gasteiger charge is 2.20.